The first-order chi connectivity index (χ1) is 19.9. The van der Waals surface area contributed by atoms with Crippen LogP contribution in [0.1, 0.15) is 37.7 Å². The van der Waals surface area contributed by atoms with Crippen LogP contribution in [0.15, 0.2) is 48.5 Å². The van der Waals surface area contributed by atoms with Gasteiger partial charge in [-0.1, -0.05) is 24.3 Å². The van der Waals surface area contributed by atoms with Crippen molar-refractivity contribution in [2.24, 2.45) is 13.0 Å². The molecule has 0 spiro atoms. The largest absolute Gasteiger partial charge is 0.342 e. The van der Waals surface area contributed by atoms with Crippen LogP contribution in [-0.4, -0.2) is 80.1 Å². The molecule has 2 fully saturated rings. The van der Waals surface area contributed by atoms with Gasteiger partial charge in [-0.3, -0.25) is 9.59 Å². The van der Waals surface area contributed by atoms with Gasteiger partial charge < -0.3 is 20.4 Å². The Morgan fingerprint density at radius 2 is 1.78 bits per heavy atom. The SMILES string of the molecule is Cn1nnnc1-c1cccc(NC(=O)N[C@@H](CC(=O)N2CCC[C@@H](Cc3ccc(F)cc3)C2)C(=O)N2CCCC2)c1. The number of aryl methyl sites for hydroxylation is 1. The quantitative estimate of drug-likeness (QED) is 0.435. The number of carbonyl (C=O) groups excluding carboxylic acids is 3. The molecule has 41 heavy (non-hydrogen) atoms. The minimum Gasteiger partial charge on any atom is -0.342 e. The molecule has 3 heterocycles. The van der Waals surface area contributed by atoms with E-state index in [2.05, 4.69) is 26.2 Å². The zero-order valence-corrected chi connectivity index (χ0v) is 23.1. The van der Waals surface area contributed by atoms with Crippen molar-refractivity contribution < 1.29 is 18.8 Å². The zero-order chi connectivity index (χ0) is 28.8. The third-order valence-electron chi connectivity index (χ3n) is 7.71. The summed E-state index contributed by atoms with van der Waals surface area (Å²) in [5, 5.41) is 17.0. The third-order valence-corrected chi connectivity index (χ3v) is 7.71. The summed E-state index contributed by atoms with van der Waals surface area (Å²) in [7, 11) is 1.72. The number of carbonyl (C=O) groups is 3. The van der Waals surface area contributed by atoms with Crippen molar-refractivity contribution >= 4 is 23.5 Å². The smallest absolute Gasteiger partial charge is 0.319 e. The van der Waals surface area contributed by atoms with E-state index in [1.165, 1.54) is 16.8 Å². The predicted octanol–water partition coefficient (Wildman–Crippen LogP) is 3.00. The maximum atomic E-state index is 13.4. The second-order valence-electron chi connectivity index (χ2n) is 10.8. The maximum absolute atomic E-state index is 13.4. The highest BCUT2D eigenvalue weighted by atomic mass is 19.1. The van der Waals surface area contributed by atoms with Gasteiger partial charge in [0.2, 0.25) is 11.8 Å². The number of likely N-dealkylation sites (tertiary alicyclic amines) is 2. The van der Waals surface area contributed by atoms with Gasteiger partial charge in [-0.25, -0.2) is 13.9 Å². The minimum atomic E-state index is -0.982. The molecule has 0 bridgehead atoms. The van der Waals surface area contributed by atoms with Crippen LogP contribution < -0.4 is 10.6 Å². The van der Waals surface area contributed by atoms with Gasteiger partial charge in [0.25, 0.3) is 0 Å². The van der Waals surface area contributed by atoms with E-state index in [0.29, 0.717) is 37.7 Å². The van der Waals surface area contributed by atoms with Crippen LogP contribution >= 0.6 is 0 Å². The molecule has 0 radical (unpaired) electrons. The molecule has 0 aliphatic carbocycles. The fourth-order valence-electron chi connectivity index (χ4n) is 5.61. The monoisotopic (exact) mass is 562 g/mol. The lowest BCUT2D eigenvalue weighted by atomic mass is 9.91. The molecule has 1 aromatic heterocycles. The number of amides is 4. The number of nitrogens with zero attached hydrogens (tertiary/aromatic N) is 6. The van der Waals surface area contributed by atoms with Gasteiger partial charge in [0, 0.05) is 44.5 Å². The molecule has 2 N–H and O–H groups in total. The number of tetrazole rings is 1. The van der Waals surface area contributed by atoms with Crippen molar-refractivity contribution in [3.8, 4) is 11.4 Å². The molecule has 11 nitrogen and oxygen atoms in total. The first-order valence-corrected chi connectivity index (χ1v) is 14.1. The number of hydrogen-bond acceptors (Lipinski definition) is 6. The first-order valence-electron chi connectivity index (χ1n) is 14.1. The van der Waals surface area contributed by atoms with E-state index in [9.17, 15) is 18.8 Å². The number of urea groups is 1. The molecule has 12 heteroatoms. The van der Waals surface area contributed by atoms with Crippen LogP contribution in [0.5, 0.6) is 0 Å². The minimum absolute atomic E-state index is 0.114. The molecule has 4 amide bonds. The van der Waals surface area contributed by atoms with Crippen LogP contribution in [0.25, 0.3) is 11.4 Å². The Balaban J connectivity index is 1.23. The summed E-state index contributed by atoms with van der Waals surface area (Å²) < 4.78 is 14.8. The Kier molecular flexibility index (Phi) is 8.85. The Bertz CT molecular complexity index is 1370. The van der Waals surface area contributed by atoms with E-state index in [1.54, 1.807) is 47.2 Å². The van der Waals surface area contributed by atoms with Gasteiger partial charge in [-0.2, -0.15) is 0 Å². The van der Waals surface area contributed by atoms with Crippen molar-refractivity contribution in [2.75, 3.05) is 31.5 Å². The summed E-state index contributed by atoms with van der Waals surface area (Å²) in [4.78, 5) is 43.4. The second-order valence-corrected chi connectivity index (χ2v) is 10.8. The summed E-state index contributed by atoms with van der Waals surface area (Å²) in [6.45, 7) is 2.41. The lowest BCUT2D eigenvalue weighted by molar-refractivity contribution is -0.139. The van der Waals surface area contributed by atoms with E-state index >= 15 is 0 Å². The normalized spacial score (nSPS) is 17.8. The van der Waals surface area contributed by atoms with Crippen molar-refractivity contribution in [1.82, 2.24) is 35.3 Å². The Labute approximate surface area is 238 Å². The Morgan fingerprint density at radius 3 is 2.51 bits per heavy atom. The number of halogens is 1. The van der Waals surface area contributed by atoms with E-state index in [-0.39, 0.29) is 30.0 Å². The highest BCUT2D eigenvalue weighted by molar-refractivity contribution is 5.96. The lowest BCUT2D eigenvalue weighted by Crippen LogP contribution is -2.52. The second kappa shape index (κ2) is 12.9. The molecule has 0 saturated carbocycles. The van der Waals surface area contributed by atoms with Gasteiger partial charge in [-0.05, 0) is 78.3 Å². The van der Waals surface area contributed by atoms with Crippen molar-refractivity contribution in [3.63, 3.8) is 0 Å². The van der Waals surface area contributed by atoms with Crippen molar-refractivity contribution in [1.29, 1.82) is 0 Å². The number of rotatable bonds is 8. The summed E-state index contributed by atoms with van der Waals surface area (Å²) in [5.74, 6) is 0.114. The fourth-order valence-corrected chi connectivity index (χ4v) is 5.61. The van der Waals surface area contributed by atoms with Crippen LogP contribution in [0.3, 0.4) is 0 Å². The summed E-state index contributed by atoms with van der Waals surface area (Å²) in [6.07, 6.45) is 4.27. The van der Waals surface area contributed by atoms with Gasteiger partial charge in [-0.15, -0.1) is 5.10 Å². The van der Waals surface area contributed by atoms with Crippen molar-refractivity contribution in [2.45, 2.75) is 44.6 Å². The first kappa shape index (κ1) is 28.2. The number of nitrogens with one attached hydrogen (secondary N) is 2. The molecule has 3 aromatic rings. The fraction of sp³-hybridized carbons (Fsp3) is 0.448. The molecule has 2 atom stereocenters. The van der Waals surface area contributed by atoms with Gasteiger partial charge in [0.15, 0.2) is 5.82 Å². The molecule has 2 aliphatic rings. The van der Waals surface area contributed by atoms with E-state index in [1.807, 2.05) is 6.07 Å². The predicted molar refractivity (Wildman–Crippen MR) is 150 cm³/mol. The van der Waals surface area contributed by atoms with E-state index in [4.69, 9.17) is 0 Å². The zero-order valence-electron chi connectivity index (χ0n) is 23.1. The molecular weight excluding hydrogens is 527 g/mol. The highest BCUT2D eigenvalue weighted by Crippen LogP contribution is 2.23. The number of benzene rings is 2. The van der Waals surface area contributed by atoms with Gasteiger partial charge in [0.05, 0.1) is 6.42 Å². The molecule has 216 valence electrons. The number of anilines is 1. The molecule has 5 rings (SSSR count). The topological polar surface area (TPSA) is 125 Å². The number of hydrogen-bond donors (Lipinski definition) is 2. The third kappa shape index (κ3) is 7.24. The van der Waals surface area contributed by atoms with Crippen LogP contribution in [-0.2, 0) is 23.1 Å². The number of aromatic nitrogens is 4. The van der Waals surface area contributed by atoms with Crippen LogP contribution in [0.4, 0.5) is 14.9 Å². The lowest BCUT2D eigenvalue weighted by Gasteiger charge is -2.34. The standard InChI is InChI=1S/C29H35FN8O3/c1-36-27(33-34-35-36)22-7-4-8-24(17-22)31-29(41)32-25(28(40)37-13-2-3-14-37)18-26(39)38-15-5-6-21(19-38)16-20-9-11-23(30)12-10-20/h4,7-12,17,21,25H,2-3,5-6,13-16,18-19H2,1H3,(H2,31,32,41)/t21-,25-/m0/s1. The van der Waals surface area contributed by atoms with Crippen molar-refractivity contribution in [3.05, 3.63) is 59.9 Å². The summed E-state index contributed by atoms with van der Waals surface area (Å²) >= 11 is 0. The molecule has 2 aliphatic heterocycles. The molecule has 2 saturated heterocycles. The maximum Gasteiger partial charge on any atom is 0.319 e. The van der Waals surface area contributed by atoms with Crippen LogP contribution in [0.2, 0.25) is 0 Å². The van der Waals surface area contributed by atoms with Crippen LogP contribution in [0, 0.1) is 11.7 Å². The van der Waals surface area contributed by atoms with E-state index in [0.717, 1.165) is 43.2 Å². The Morgan fingerprint density at radius 1 is 1.02 bits per heavy atom. The molecule has 0 unspecified atom stereocenters. The average molecular weight is 563 g/mol. The summed E-state index contributed by atoms with van der Waals surface area (Å²) in [5.41, 5.74) is 2.25. The molecule has 2 aromatic carbocycles. The highest BCUT2D eigenvalue weighted by Gasteiger charge is 2.32. The summed E-state index contributed by atoms with van der Waals surface area (Å²) in [6, 6.07) is 12.0. The Hall–Kier alpha value is -4.35. The van der Waals surface area contributed by atoms with E-state index < -0.39 is 12.1 Å². The molecular formula is C29H35FN8O3. The number of piperidine rings is 1. The average Bonchev–Trinajstić information content (AvgIpc) is 3.66. The van der Waals surface area contributed by atoms with Gasteiger partial charge in [0.1, 0.15) is 11.9 Å². The van der Waals surface area contributed by atoms with Gasteiger partial charge >= 0.3 is 6.03 Å².